The zero-order valence-corrected chi connectivity index (χ0v) is 11.9. The summed E-state index contributed by atoms with van der Waals surface area (Å²) in [7, 11) is 1.49. The van der Waals surface area contributed by atoms with E-state index in [1.807, 2.05) is 0 Å². The van der Waals surface area contributed by atoms with Crippen molar-refractivity contribution in [3.8, 4) is 0 Å². The van der Waals surface area contributed by atoms with Crippen molar-refractivity contribution < 1.29 is 19.5 Å². The van der Waals surface area contributed by atoms with Gasteiger partial charge < -0.3 is 15.3 Å². The molecule has 2 amide bonds. The molecule has 0 aliphatic heterocycles. The number of hydrogen-bond acceptors (Lipinski definition) is 4. The van der Waals surface area contributed by atoms with Crippen LogP contribution in [0.15, 0.2) is 30.2 Å². The first-order chi connectivity index (χ1) is 9.45. The molecular formula is C13H16N2O4S. The molecule has 1 atom stereocenters. The van der Waals surface area contributed by atoms with Gasteiger partial charge in [0, 0.05) is 7.05 Å². The number of carbonyl (C=O) groups excluding carboxylic acids is 2. The van der Waals surface area contributed by atoms with E-state index in [-0.39, 0.29) is 18.9 Å². The Bertz CT molecular complexity index is 498. The van der Waals surface area contributed by atoms with Crippen molar-refractivity contribution in [2.24, 2.45) is 0 Å². The first kappa shape index (κ1) is 15.9. The van der Waals surface area contributed by atoms with Gasteiger partial charge in [0.05, 0.1) is 11.4 Å². The minimum Gasteiger partial charge on any atom is -0.480 e. The molecule has 0 bridgehead atoms. The van der Waals surface area contributed by atoms with Gasteiger partial charge in [-0.25, -0.2) is 4.79 Å². The Morgan fingerprint density at radius 1 is 1.55 bits per heavy atom. The third kappa shape index (κ3) is 4.51. The van der Waals surface area contributed by atoms with Gasteiger partial charge in [-0.2, -0.15) is 0 Å². The van der Waals surface area contributed by atoms with Crippen molar-refractivity contribution in [2.75, 3.05) is 13.6 Å². The Labute approximate surface area is 120 Å². The van der Waals surface area contributed by atoms with Crippen LogP contribution in [-0.2, 0) is 9.59 Å². The monoisotopic (exact) mass is 296 g/mol. The van der Waals surface area contributed by atoms with Crippen LogP contribution < -0.4 is 5.32 Å². The summed E-state index contributed by atoms with van der Waals surface area (Å²) in [4.78, 5) is 36.3. The van der Waals surface area contributed by atoms with E-state index in [1.165, 1.54) is 29.4 Å². The minimum absolute atomic E-state index is 0.129. The maximum absolute atomic E-state index is 11.9. The molecule has 1 aromatic heterocycles. The van der Waals surface area contributed by atoms with Gasteiger partial charge in [0.1, 0.15) is 6.04 Å². The average Bonchev–Trinajstić information content (AvgIpc) is 2.90. The molecule has 108 valence electrons. The highest BCUT2D eigenvalue weighted by molar-refractivity contribution is 7.12. The summed E-state index contributed by atoms with van der Waals surface area (Å²) < 4.78 is 0. The van der Waals surface area contributed by atoms with E-state index in [2.05, 4.69) is 11.9 Å². The summed E-state index contributed by atoms with van der Waals surface area (Å²) in [6.45, 7) is 3.24. The molecule has 6 nitrogen and oxygen atoms in total. The third-order valence-corrected chi connectivity index (χ3v) is 3.35. The van der Waals surface area contributed by atoms with E-state index in [1.54, 1.807) is 17.5 Å². The number of amides is 2. The van der Waals surface area contributed by atoms with Gasteiger partial charge >= 0.3 is 5.97 Å². The second-order valence-corrected chi connectivity index (χ2v) is 5.07. The van der Waals surface area contributed by atoms with Crippen LogP contribution in [0.4, 0.5) is 0 Å². The second-order valence-electron chi connectivity index (χ2n) is 4.12. The number of hydrogen-bond donors (Lipinski definition) is 2. The summed E-state index contributed by atoms with van der Waals surface area (Å²) in [5, 5.41) is 13.0. The van der Waals surface area contributed by atoms with E-state index >= 15 is 0 Å². The molecule has 0 saturated carbocycles. The first-order valence-corrected chi connectivity index (χ1v) is 6.75. The molecule has 0 aromatic carbocycles. The number of carbonyl (C=O) groups is 3. The van der Waals surface area contributed by atoms with Crippen molar-refractivity contribution in [3.63, 3.8) is 0 Å². The number of likely N-dealkylation sites (N-methyl/N-ethyl adjacent to an activating group) is 1. The van der Waals surface area contributed by atoms with Gasteiger partial charge in [0.2, 0.25) is 5.91 Å². The van der Waals surface area contributed by atoms with E-state index in [0.717, 1.165) is 0 Å². The van der Waals surface area contributed by atoms with Crippen LogP contribution in [0, 0.1) is 0 Å². The van der Waals surface area contributed by atoms with Gasteiger partial charge in [-0.05, 0) is 17.9 Å². The average molecular weight is 296 g/mol. The zero-order valence-electron chi connectivity index (χ0n) is 11.0. The number of carboxylic acids is 1. The van der Waals surface area contributed by atoms with Crippen molar-refractivity contribution >= 4 is 29.1 Å². The fourth-order valence-corrected chi connectivity index (χ4v) is 2.22. The van der Waals surface area contributed by atoms with Crippen LogP contribution >= 0.6 is 11.3 Å². The van der Waals surface area contributed by atoms with E-state index in [4.69, 9.17) is 5.11 Å². The van der Waals surface area contributed by atoms with Crippen LogP contribution in [0.3, 0.4) is 0 Å². The predicted octanol–water partition coefficient (Wildman–Crippen LogP) is 0.966. The standard InChI is InChI=1S/C13H16N2O4S/c1-3-5-9(13(18)19)14-11(16)8-15(2)12(17)10-6-4-7-20-10/h3-4,6-7,9H,1,5,8H2,2H3,(H,14,16)(H,18,19). The molecular weight excluding hydrogens is 280 g/mol. The number of aliphatic carboxylic acids is 1. The Balaban J connectivity index is 2.55. The van der Waals surface area contributed by atoms with Crippen LogP contribution in [-0.4, -0.2) is 47.4 Å². The maximum atomic E-state index is 11.9. The van der Waals surface area contributed by atoms with Crippen LogP contribution in [0.1, 0.15) is 16.1 Å². The lowest BCUT2D eigenvalue weighted by molar-refractivity contribution is -0.141. The molecule has 0 saturated heterocycles. The molecule has 0 aliphatic carbocycles. The van der Waals surface area contributed by atoms with E-state index < -0.39 is 17.9 Å². The maximum Gasteiger partial charge on any atom is 0.326 e. The first-order valence-electron chi connectivity index (χ1n) is 5.87. The number of carboxylic acid groups (broad SMARTS) is 1. The molecule has 1 aromatic rings. The number of nitrogens with one attached hydrogen (secondary N) is 1. The summed E-state index contributed by atoms with van der Waals surface area (Å²) in [5.74, 6) is -1.93. The fraction of sp³-hybridized carbons (Fsp3) is 0.308. The molecule has 1 heterocycles. The normalized spacial score (nSPS) is 11.4. The number of nitrogens with zero attached hydrogens (tertiary/aromatic N) is 1. The Kier molecular flexibility index (Phi) is 5.92. The van der Waals surface area contributed by atoms with Crippen LogP contribution in [0.5, 0.6) is 0 Å². The predicted molar refractivity (Wildman–Crippen MR) is 75.7 cm³/mol. The van der Waals surface area contributed by atoms with Crippen molar-refractivity contribution in [3.05, 3.63) is 35.0 Å². The highest BCUT2D eigenvalue weighted by Crippen LogP contribution is 2.10. The summed E-state index contributed by atoms with van der Waals surface area (Å²) >= 11 is 1.28. The van der Waals surface area contributed by atoms with Crippen molar-refractivity contribution in [2.45, 2.75) is 12.5 Å². The molecule has 0 spiro atoms. The minimum atomic E-state index is -1.13. The second kappa shape index (κ2) is 7.44. The number of thiophene rings is 1. The Morgan fingerprint density at radius 2 is 2.25 bits per heavy atom. The van der Waals surface area contributed by atoms with E-state index in [9.17, 15) is 14.4 Å². The lowest BCUT2D eigenvalue weighted by atomic mass is 10.2. The van der Waals surface area contributed by atoms with Gasteiger partial charge in [0.25, 0.3) is 5.91 Å². The molecule has 7 heteroatoms. The molecule has 1 rings (SSSR count). The van der Waals surface area contributed by atoms with Gasteiger partial charge in [-0.1, -0.05) is 12.1 Å². The molecule has 20 heavy (non-hydrogen) atoms. The highest BCUT2D eigenvalue weighted by atomic mass is 32.1. The molecule has 0 aliphatic rings. The lowest BCUT2D eigenvalue weighted by Gasteiger charge is -2.18. The summed E-state index contributed by atoms with van der Waals surface area (Å²) in [5.41, 5.74) is 0. The van der Waals surface area contributed by atoms with E-state index in [0.29, 0.717) is 4.88 Å². The highest BCUT2D eigenvalue weighted by Gasteiger charge is 2.21. The van der Waals surface area contributed by atoms with Crippen molar-refractivity contribution in [1.82, 2.24) is 10.2 Å². The summed E-state index contributed by atoms with van der Waals surface area (Å²) in [6, 6.07) is 2.39. The molecule has 1 unspecified atom stereocenters. The third-order valence-electron chi connectivity index (χ3n) is 2.50. The molecule has 2 N–H and O–H groups in total. The largest absolute Gasteiger partial charge is 0.480 e. The van der Waals surface area contributed by atoms with Gasteiger partial charge in [0.15, 0.2) is 0 Å². The van der Waals surface area contributed by atoms with Gasteiger partial charge in [-0.3, -0.25) is 9.59 Å². The topological polar surface area (TPSA) is 86.7 Å². The zero-order chi connectivity index (χ0) is 15.1. The SMILES string of the molecule is C=CCC(NC(=O)CN(C)C(=O)c1cccs1)C(=O)O. The quantitative estimate of drug-likeness (QED) is 0.734. The Hall–Kier alpha value is -2.15. The molecule has 0 fully saturated rings. The van der Waals surface area contributed by atoms with Gasteiger partial charge in [-0.15, -0.1) is 17.9 Å². The Morgan fingerprint density at radius 3 is 2.75 bits per heavy atom. The number of rotatable bonds is 7. The summed E-state index contributed by atoms with van der Waals surface area (Å²) in [6.07, 6.45) is 1.54. The van der Waals surface area contributed by atoms with Crippen molar-refractivity contribution in [1.29, 1.82) is 0 Å². The molecule has 0 radical (unpaired) electrons. The van der Waals surface area contributed by atoms with Crippen LogP contribution in [0.2, 0.25) is 0 Å². The lowest BCUT2D eigenvalue weighted by Crippen LogP contribution is -2.45. The smallest absolute Gasteiger partial charge is 0.326 e. The fourth-order valence-electron chi connectivity index (χ4n) is 1.50. The van der Waals surface area contributed by atoms with Crippen LogP contribution in [0.25, 0.3) is 0 Å².